The molecule has 0 aliphatic carbocycles. The molecule has 5 heteroatoms. The number of hydrogen-bond acceptors (Lipinski definition) is 3. The Hall–Kier alpha value is -0.910. The largest absolute Gasteiger partial charge is 0.391 e. The van der Waals surface area contributed by atoms with E-state index >= 15 is 0 Å². The van der Waals surface area contributed by atoms with Crippen molar-refractivity contribution in [1.82, 2.24) is 9.80 Å². The third-order valence-electron chi connectivity index (χ3n) is 3.58. The van der Waals surface area contributed by atoms with Gasteiger partial charge in [0.1, 0.15) is 0 Å². The van der Waals surface area contributed by atoms with Crippen molar-refractivity contribution in [3.8, 4) is 0 Å². The lowest BCUT2D eigenvalue weighted by molar-refractivity contribution is 0.0699. The highest BCUT2D eigenvalue weighted by atomic mass is 79.9. The highest BCUT2D eigenvalue weighted by molar-refractivity contribution is 9.08. The van der Waals surface area contributed by atoms with E-state index < -0.39 is 6.10 Å². The zero-order valence-corrected chi connectivity index (χ0v) is 13.5. The molecular weight excluding hydrogens is 320 g/mol. The standard InChI is InChI=1S/C15H21BrN2O2/c1-17(2)9-13-7-14(19)10-18(13)15(20)12-5-3-11(8-16)4-6-12/h3-6,13-14,19H,7-10H2,1-2H3. The predicted molar refractivity (Wildman–Crippen MR) is 83.1 cm³/mol. The van der Waals surface area contributed by atoms with Gasteiger partial charge >= 0.3 is 0 Å². The Morgan fingerprint density at radius 3 is 2.60 bits per heavy atom. The lowest BCUT2D eigenvalue weighted by Crippen LogP contribution is -2.41. The molecule has 1 aromatic rings. The first kappa shape index (κ1) is 15.5. The molecule has 1 aromatic carbocycles. The van der Waals surface area contributed by atoms with E-state index in [4.69, 9.17) is 0 Å². The SMILES string of the molecule is CN(C)CC1CC(O)CN1C(=O)c1ccc(CBr)cc1. The number of rotatable bonds is 4. The van der Waals surface area contributed by atoms with E-state index in [2.05, 4.69) is 20.8 Å². The van der Waals surface area contributed by atoms with Crippen LogP contribution in [0.25, 0.3) is 0 Å². The first-order chi connectivity index (χ1) is 9.51. The fourth-order valence-electron chi connectivity index (χ4n) is 2.64. The van der Waals surface area contributed by atoms with Crippen LogP contribution in [-0.2, 0) is 5.33 Å². The number of β-amino-alcohol motifs (C(OH)–C–C–N with tert-alkyl or cyclic N) is 1. The van der Waals surface area contributed by atoms with E-state index in [1.807, 2.05) is 38.4 Å². The Kier molecular flexibility index (Phi) is 5.18. The second kappa shape index (κ2) is 6.70. The van der Waals surface area contributed by atoms with Crippen LogP contribution in [-0.4, -0.2) is 60.1 Å². The fourth-order valence-corrected chi connectivity index (χ4v) is 3.01. The van der Waals surface area contributed by atoms with Crippen molar-refractivity contribution < 1.29 is 9.90 Å². The van der Waals surface area contributed by atoms with Crippen molar-refractivity contribution in [3.63, 3.8) is 0 Å². The normalized spacial score (nSPS) is 22.6. The van der Waals surface area contributed by atoms with Crippen LogP contribution in [0, 0.1) is 0 Å². The minimum absolute atomic E-state index is 0.00882. The van der Waals surface area contributed by atoms with Gasteiger partial charge in [0.25, 0.3) is 5.91 Å². The summed E-state index contributed by atoms with van der Waals surface area (Å²) >= 11 is 3.40. The number of hydrogen-bond donors (Lipinski definition) is 1. The Labute approximate surface area is 128 Å². The van der Waals surface area contributed by atoms with Crippen molar-refractivity contribution in [1.29, 1.82) is 0 Å². The molecule has 4 nitrogen and oxygen atoms in total. The number of benzene rings is 1. The molecule has 1 N–H and O–H groups in total. The van der Waals surface area contributed by atoms with Gasteiger partial charge in [-0.2, -0.15) is 0 Å². The van der Waals surface area contributed by atoms with E-state index in [9.17, 15) is 9.90 Å². The van der Waals surface area contributed by atoms with Crippen molar-refractivity contribution in [3.05, 3.63) is 35.4 Å². The van der Waals surface area contributed by atoms with Gasteiger partial charge in [-0.1, -0.05) is 28.1 Å². The average molecular weight is 341 g/mol. The van der Waals surface area contributed by atoms with Gasteiger partial charge in [-0.05, 0) is 38.2 Å². The molecule has 0 bridgehead atoms. The second-order valence-electron chi connectivity index (χ2n) is 5.59. The highest BCUT2D eigenvalue weighted by Crippen LogP contribution is 2.21. The first-order valence-corrected chi connectivity index (χ1v) is 7.92. The molecule has 1 fully saturated rings. The average Bonchev–Trinajstić information content (AvgIpc) is 2.78. The van der Waals surface area contributed by atoms with Crippen molar-refractivity contribution >= 4 is 21.8 Å². The van der Waals surface area contributed by atoms with Crippen LogP contribution in [0.5, 0.6) is 0 Å². The molecule has 1 aliphatic heterocycles. The maximum absolute atomic E-state index is 12.6. The third-order valence-corrected chi connectivity index (χ3v) is 4.23. The summed E-state index contributed by atoms with van der Waals surface area (Å²) in [5.41, 5.74) is 1.83. The highest BCUT2D eigenvalue weighted by Gasteiger charge is 2.34. The van der Waals surface area contributed by atoms with Gasteiger partial charge in [0.15, 0.2) is 0 Å². The van der Waals surface area contributed by atoms with Crippen LogP contribution in [0.4, 0.5) is 0 Å². The monoisotopic (exact) mass is 340 g/mol. The zero-order chi connectivity index (χ0) is 14.7. The molecule has 20 heavy (non-hydrogen) atoms. The first-order valence-electron chi connectivity index (χ1n) is 6.80. The molecule has 2 unspecified atom stereocenters. The van der Waals surface area contributed by atoms with Crippen LogP contribution < -0.4 is 0 Å². The summed E-state index contributed by atoms with van der Waals surface area (Å²) in [6.45, 7) is 1.21. The lowest BCUT2D eigenvalue weighted by atomic mass is 10.1. The molecule has 0 radical (unpaired) electrons. The summed E-state index contributed by atoms with van der Waals surface area (Å²) < 4.78 is 0. The number of aliphatic hydroxyl groups excluding tert-OH is 1. The van der Waals surface area contributed by atoms with Gasteiger partial charge in [-0.15, -0.1) is 0 Å². The summed E-state index contributed by atoms with van der Waals surface area (Å²) in [5.74, 6) is 0.00882. The number of likely N-dealkylation sites (N-methyl/N-ethyl adjacent to an activating group) is 1. The topological polar surface area (TPSA) is 43.8 Å². The van der Waals surface area contributed by atoms with Gasteiger partial charge in [-0.3, -0.25) is 4.79 Å². The number of amides is 1. The van der Waals surface area contributed by atoms with E-state index in [0.29, 0.717) is 18.5 Å². The van der Waals surface area contributed by atoms with Gasteiger partial charge in [-0.25, -0.2) is 0 Å². The maximum atomic E-state index is 12.6. The van der Waals surface area contributed by atoms with E-state index in [-0.39, 0.29) is 11.9 Å². The molecule has 110 valence electrons. The third kappa shape index (κ3) is 3.59. The predicted octanol–water partition coefficient (Wildman–Crippen LogP) is 1.72. The van der Waals surface area contributed by atoms with E-state index in [1.54, 1.807) is 4.90 Å². The molecule has 1 amide bonds. The van der Waals surface area contributed by atoms with Crippen LogP contribution in [0.1, 0.15) is 22.3 Å². The molecule has 0 spiro atoms. The molecule has 1 aliphatic rings. The summed E-state index contributed by atoms with van der Waals surface area (Å²) in [6.07, 6.45) is 0.245. The Balaban J connectivity index is 2.13. The summed E-state index contributed by atoms with van der Waals surface area (Å²) in [4.78, 5) is 16.4. The number of carbonyl (C=O) groups excluding carboxylic acids is 1. The molecule has 1 heterocycles. The lowest BCUT2D eigenvalue weighted by Gasteiger charge is -2.27. The Morgan fingerprint density at radius 1 is 1.40 bits per heavy atom. The number of halogens is 1. The molecule has 2 atom stereocenters. The van der Waals surface area contributed by atoms with E-state index in [0.717, 1.165) is 17.4 Å². The molecule has 2 rings (SSSR count). The van der Waals surface area contributed by atoms with Crippen LogP contribution in [0.3, 0.4) is 0 Å². The fraction of sp³-hybridized carbons (Fsp3) is 0.533. The number of nitrogens with zero attached hydrogens (tertiary/aromatic N) is 2. The van der Waals surface area contributed by atoms with Gasteiger partial charge in [0.2, 0.25) is 0 Å². The summed E-state index contributed by atoms with van der Waals surface area (Å²) in [5, 5.41) is 10.6. The maximum Gasteiger partial charge on any atom is 0.254 e. The number of alkyl halides is 1. The van der Waals surface area contributed by atoms with Gasteiger partial charge in [0.05, 0.1) is 6.10 Å². The molecule has 0 aromatic heterocycles. The zero-order valence-electron chi connectivity index (χ0n) is 11.9. The van der Waals surface area contributed by atoms with Crippen molar-refractivity contribution in [2.75, 3.05) is 27.2 Å². The Bertz CT molecular complexity index is 461. The minimum atomic E-state index is -0.411. The van der Waals surface area contributed by atoms with E-state index in [1.165, 1.54) is 0 Å². The van der Waals surface area contributed by atoms with Crippen LogP contribution >= 0.6 is 15.9 Å². The van der Waals surface area contributed by atoms with Crippen molar-refractivity contribution in [2.24, 2.45) is 0 Å². The summed E-state index contributed by atoms with van der Waals surface area (Å²) in [7, 11) is 3.97. The molecular formula is C15H21BrN2O2. The minimum Gasteiger partial charge on any atom is -0.391 e. The van der Waals surface area contributed by atoms with Gasteiger partial charge in [0, 0.05) is 30.0 Å². The quantitative estimate of drug-likeness (QED) is 0.848. The second-order valence-corrected chi connectivity index (χ2v) is 6.15. The van der Waals surface area contributed by atoms with Crippen LogP contribution in [0.2, 0.25) is 0 Å². The Morgan fingerprint density at radius 2 is 2.05 bits per heavy atom. The number of likely N-dealkylation sites (tertiary alicyclic amines) is 1. The smallest absolute Gasteiger partial charge is 0.254 e. The molecule has 0 saturated carbocycles. The van der Waals surface area contributed by atoms with Crippen molar-refractivity contribution in [2.45, 2.75) is 23.9 Å². The van der Waals surface area contributed by atoms with Gasteiger partial charge < -0.3 is 14.9 Å². The van der Waals surface area contributed by atoms with Crippen LogP contribution in [0.15, 0.2) is 24.3 Å². The number of aliphatic hydroxyl groups is 1. The number of carbonyl (C=O) groups is 1. The summed E-state index contributed by atoms with van der Waals surface area (Å²) in [6, 6.07) is 7.71. The molecule has 1 saturated heterocycles.